The summed E-state index contributed by atoms with van der Waals surface area (Å²) in [5.41, 5.74) is 0.456. The van der Waals surface area contributed by atoms with Gasteiger partial charge in [-0.1, -0.05) is 12.1 Å². The first-order chi connectivity index (χ1) is 15.0. The predicted octanol–water partition coefficient (Wildman–Crippen LogP) is 5.03. The first-order valence-corrected chi connectivity index (χ1v) is 9.22. The summed E-state index contributed by atoms with van der Waals surface area (Å²) in [6.07, 6.45) is -4.95. The highest BCUT2D eigenvalue weighted by molar-refractivity contribution is 5.96. The fourth-order valence-electron chi connectivity index (χ4n) is 2.91. The molecule has 0 saturated carbocycles. The second kappa shape index (κ2) is 8.85. The minimum absolute atomic E-state index is 0.113. The number of nitrogens with zero attached hydrogens (tertiary/aromatic N) is 1. The SMILES string of the molecule is COc1ccc(C(C)(F)F)cc1-c1cc(CNC(=O)c2ccccc2OC(F)(F)F)[nH]n1. The van der Waals surface area contributed by atoms with Gasteiger partial charge in [-0.15, -0.1) is 13.2 Å². The van der Waals surface area contributed by atoms with Crippen LogP contribution in [0.1, 0.15) is 28.5 Å². The minimum Gasteiger partial charge on any atom is -0.496 e. The van der Waals surface area contributed by atoms with Crippen molar-refractivity contribution in [2.75, 3.05) is 7.11 Å². The lowest BCUT2D eigenvalue weighted by atomic mass is 10.0. The van der Waals surface area contributed by atoms with Gasteiger partial charge in [0, 0.05) is 18.1 Å². The van der Waals surface area contributed by atoms with Crippen molar-refractivity contribution in [3.05, 3.63) is 65.4 Å². The maximum absolute atomic E-state index is 13.7. The largest absolute Gasteiger partial charge is 0.573 e. The number of ether oxygens (including phenoxy) is 2. The number of aromatic nitrogens is 2. The number of rotatable bonds is 7. The highest BCUT2D eigenvalue weighted by atomic mass is 19.4. The number of hydrogen-bond acceptors (Lipinski definition) is 4. The van der Waals surface area contributed by atoms with Crippen LogP contribution in [0, 0.1) is 0 Å². The number of amides is 1. The van der Waals surface area contributed by atoms with E-state index in [0.717, 1.165) is 13.0 Å². The third-order valence-corrected chi connectivity index (χ3v) is 4.41. The zero-order chi connectivity index (χ0) is 23.5. The van der Waals surface area contributed by atoms with E-state index in [1.54, 1.807) is 0 Å². The number of carbonyl (C=O) groups is 1. The Bertz CT molecular complexity index is 1110. The molecule has 0 aliphatic rings. The fraction of sp³-hybridized carbons (Fsp3) is 0.238. The summed E-state index contributed by atoms with van der Waals surface area (Å²) in [5, 5.41) is 9.18. The van der Waals surface area contributed by atoms with Gasteiger partial charge in [0.1, 0.15) is 11.5 Å². The standard InChI is InChI=1S/C21H18F5N3O3/c1-20(22,23)12-7-8-17(31-2)15(9-12)16-10-13(28-29-16)11-27-19(30)14-5-3-4-6-18(14)32-21(24,25)26/h3-10H,11H2,1-2H3,(H,27,30)(H,28,29). The van der Waals surface area contributed by atoms with E-state index < -0.39 is 23.9 Å². The number of carbonyl (C=O) groups excluding carboxylic acids is 1. The lowest BCUT2D eigenvalue weighted by Crippen LogP contribution is -2.25. The molecule has 1 amide bonds. The van der Waals surface area contributed by atoms with Gasteiger partial charge >= 0.3 is 6.36 Å². The number of nitrogens with one attached hydrogen (secondary N) is 2. The number of hydrogen-bond donors (Lipinski definition) is 2. The molecule has 1 heterocycles. The molecule has 0 aliphatic carbocycles. The Morgan fingerprint density at radius 2 is 1.78 bits per heavy atom. The molecule has 2 aromatic carbocycles. The number of methoxy groups -OCH3 is 1. The third kappa shape index (κ3) is 5.54. The summed E-state index contributed by atoms with van der Waals surface area (Å²) in [6.45, 7) is 0.655. The average molecular weight is 455 g/mol. The average Bonchev–Trinajstić information content (AvgIpc) is 3.19. The van der Waals surface area contributed by atoms with Gasteiger partial charge < -0.3 is 14.8 Å². The molecule has 0 saturated heterocycles. The molecule has 32 heavy (non-hydrogen) atoms. The Balaban J connectivity index is 1.77. The summed E-state index contributed by atoms with van der Waals surface area (Å²) < 4.78 is 74.1. The van der Waals surface area contributed by atoms with Gasteiger partial charge in [0.25, 0.3) is 11.8 Å². The molecule has 0 spiro atoms. The van der Waals surface area contributed by atoms with Gasteiger partial charge in [-0.2, -0.15) is 5.10 Å². The summed E-state index contributed by atoms with van der Waals surface area (Å²) in [6, 6.07) is 10.3. The predicted molar refractivity (Wildman–Crippen MR) is 104 cm³/mol. The van der Waals surface area contributed by atoms with Crippen LogP contribution in [0.2, 0.25) is 0 Å². The number of benzene rings is 2. The monoisotopic (exact) mass is 455 g/mol. The van der Waals surface area contributed by atoms with E-state index in [0.29, 0.717) is 17.0 Å². The van der Waals surface area contributed by atoms with Crippen LogP contribution < -0.4 is 14.8 Å². The van der Waals surface area contributed by atoms with Crippen molar-refractivity contribution in [2.24, 2.45) is 0 Å². The van der Waals surface area contributed by atoms with Crippen LogP contribution in [-0.4, -0.2) is 29.6 Å². The summed E-state index contributed by atoms with van der Waals surface area (Å²) >= 11 is 0. The van der Waals surface area contributed by atoms with Crippen LogP contribution in [0.3, 0.4) is 0 Å². The maximum Gasteiger partial charge on any atom is 0.573 e. The highest BCUT2D eigenvalue weighted by Gasteiger charge is 2.33. The van der Waals surface area contributed by atoms with E-state index in [-0.39, 0.29) is 23.4 Å². The lowest BCUT2D eigenvalue weighted by Gasteiger charge is -2.14. The van der Waals surface area contributed by atoms with E-state index in [1.165, 1.54) is 49.6 Å². The molecule has 1 aromatic heterocycles. The minimum atomic E-state index is -4.95. The normalized spacial score (nSPS) is 11.8. The van der Waals surface area contributed by atoms with Crippen LogP contribution in [0.15, 0.2) is 48.5 Å². The van der Waals surface area contributed by atoms with Gasteiger partial charge in [0.05, 0.1) is 30.6 Å². The van der Waals surface area contributed by atoms with Gasteiger partial charge in [-0.25, -0.2) is 8.78 Å². The van der Waals surface area contributed by atoms with Crippen LogP contribution in [-0.2, 0) is 12.5 Å². The molecular weight excluding hydrogens is 437 g/mol. The maximum atomic E-state index is 13.7. The Hall–Kier alpha value is -3.63. The molecule has 0 aliphatic heterocycles. The quantitative estimate of drug-likeness (QED) is 0.491. The first-order valence-electron chi connectivity index (χ1n) is 9.22. The van der Waals surface area contributed by atoms with E-state index in [2.05, 4.69) is 20.3 Å². The molecule has 0 bridgehead atoms. The summed E-state index contributed by atoms with van der Waals surface area (Å²) in [4.78, 5) is 12.4. The zero-order valence-corrected chi connectivity index (χ0v) is 16.9. The van der Waals surface area contributed by atoms with E-state index in [1.807, 2.05) is 0 Å². The smallest absolute Gasteiger partial charge is 0.496 e. The van der Waals surface area contributed by atoms with Gasteiger partial charge in [-0.05, 0) is 36.4 Å². The molecule has 3 aromatic rings. The van der Waals surface area contributed by atoms with Crippen LogP contribution >= 0.6 is 0 Å². The molecule has 3 rings (SSSR count). The third-order valence-electron chi connectivity index (χ3n) is 4.41. The molecule has 0 unspecified atom stereocenters. The first kappa shape index (κ1) is 23.0. The van der Waals surface area contributed by atoms with E-state index in [4.69, 9.17) is 4.74 Å². The molecule has 2 N–H and O–H groups in total. The van der Waals surface area contributed by atoms with Crippen LogP contribution in [0.5, 0.6) is 11.5 Å². The van der Waals surface area contributed by atoms with Crippen molar-refractivity contribution >= 4 is 5.91 Å². The highest BCUT2D eigenvalue weighted by Crippen LogP contribution is 2.35. The van der Waals surface area contributed by atoms with Crippen molar-refractivity contribution in [1.29, 1.82) is 0 Å². The molecular formula is C21H18F5N3O3. The Labute approximate surface area is 179 Å². The van der Waals surface area contributed by atoms with Crippen LogP contribution in [0.25, 0.3) is 11.3 Å². The fourth-order valence-corrected chi connectivity index (χ4v) is 2.91. The van der Waals surface area contributed by atoms with Gasteiger partial charge in [-0.3, -0.25) is 9.89 Å². The number of halogens is 5. The number of para-hydroxylation sites is 1. The molecule has 6 nitrogen and oxygen atoms in total. The van der Waals surface area contributed by atoms with Crippen molar-refractivity contribution in [1.82, 2.24) is 15.5 Å². The van der Waals surface area contributed by atoms with Crippen molar-refractivity contribution in [2.45, 2.75) is 25.8 Å². The van der Waals surface area contributed by atoms with Crippen molar-refractivity contribution in [3.8, 4) is 22.8 Å². The molecule has 0 atom stereocenters. The Morgan fingerprint density at radius 1 is 1.06 bits per heavy atom. The van der Waals surface area contributed by atoms with E-state index >= 15 is 0 Å². The van der Waals surface area contributed by atoms with Gasteiger partial charge in [0.15, 0.2) is 0 Å². The molecule has 170 valence electrons. The van der Waals surface area contributed by atoms with Crippen molar-refractivity contribution < 1.29 is 36.2 Å². The topological polar surface area (TPSA) is 76.2 Å². The number of H-pyrrole nitrogens is 1. The van der Waals surface area contributed by atoms with Gasteiger partial charge in [0.2, 0.25) is 0 Å². The summed E-state index contributed by atoms with van der Waals surface area (Å²) in [5.74, 6) is -4.19. The van der Waals surface area contributed by atoms with E-state index in [9.17, 15) is 26.7 Å². The van der Waals surface area contributed by atoms with Crippen LogP contribution in [0.4, 0.5) is 22.0 Å². The molecule has 0 fully saturated rings. The Morgan fingerprint density at radius 3 is 2.44 bits per heavy atom. The van der Waals surface area contributed by atoms with Crippen molar-refractivity contribution in [3.63, 3.8) is 0 Å². The molecule has 0 radical (unpaired) electrons. The zero-order valence-electron chi connectivity index (χ0n) is 16.9. The lowest BCUT2D eigenvalue weighted by molar-refractivity contribution is -0.274. The number of alkyl halides is 5. The molecule has 11 heteroatoms. The second-order valence-electron chi connectivity index (χ2n) is 6.81. The summed E-state index contributed by atoms with van der Waals surface area (Å²) in [7, 11) is 1.39. The number of aromatic amines is 1. The second-order valence-corrected chi connectivity index (χ2v) is 6.81. The Kier molecular flexibility index (Phi) is 6.37.